The van der Waals surface area contributed by atoms with E-state index in [0.29, 0.717) is 18.5 Å². The minimum Gasteiger partial charge on any atom is -0.355 e. The molecule has 1 amide bonds. The van der Waals surface area contributed by atoms with Gasteiger partial charge in [-0.15, -0.1) is 24.8 Å². The van der Waals surface area contributed by atoms with Crippen LogP contribution in [-0.4, -0.2) is 36.5 Å². The molecule has 2 atom stereocenters. The SMILES string of the molecule is CC(C)C[C@H](N)C(=O)NCCC(C)N(C)Cc1ccccc1.Cl.Cl. The molecule has 1 aromatic carbocycles. The molecule has 0 aliphatic heterocycles. The average Bonchev–Trinajstić information content (AvgIpc) is 2.47. The van der Waals surface area contributed by atoms with Crippen molar-refractivity contribution in [3.63, 3.8) is 0 Å². The van der Waals surface area contributed by atoms with Crippen LogP contribution in [0.2, 0.25) is 0 Å². The van der Waals surface area contributed by atoms with Gasteiger partial charge < -0.3 is 11.1 Å². The molecule has 0 aliphatic carbocycles. The van der Waals surface area contributed by atoms with E-state index in [1.165, 1.54) is 5.56 Å². The molecule has 0 aliphatic rings. The van der Waals surface area contributed by atoms with E-state index in [9.17, 15) is 4.79 Å². The van der Waals surface area contributed by atoms with Gasteiger partial charge in [0.15, 0.2) is 0 Å². The Bertz CT molecular complexity index is 443. The van der Waals surface area contributed by atoms with Gasteiger partial charge in [0.05, 0.1) is 6.04 Å². The summed E-state index contributed by atoms with van der Waals surface area (Å²) in [6.07, 6.45) is 1.65. The van der Waals surface area contributed by atoms with Gasteiger partial charge in [0, 0.05) is 19.1 Å². The number of carbonyl (C=O) groups is 1. The maximum absolute atomic E-state index is 11.9. The third-order valence-corrected chi connectivity index (χ3v) is 3.95. The van der Waals surface area contributed by atoms with Crippen LogP contribution in [0.1, 0.15) is 39.2 Å². The number of nitrogens with one attached hydrogen (secondary N) is 1. The second-order valence-corrected chi connectivity index (χ2v) is 6.57. The Morgan fingerprint density at radius 3 is 2.29 bits per heavy atom. The highest BCUT2D eigenvalue weighted by Gasteiger charge is 2.15. The lowest BCUT2D eigenvalue weighted by Gasteiger charge is -2.25. The Hall–Kier alpha value is -0.810. The zero-order valence-electron chi connectivity index (χ0n) is 15.2. The van der Waals surface area contributed by atoms with Crippen LogP contribution in [0.25, 0.3) is 0 Å². The molecule has 4 nitrogen and oxygen atoms in total. The molecule has 3 N–H and O–H groups in total. The van der Waals surface area contributed by atoms with Crippen LogP contribution in [0.4, 0.5) is 0 Å². The van der Waals surface area contributed by atoms with Crippen LogP contribution in [0.5, 0.6) is 0 Å². The highest BCUT2D eigenvalue weighted by Crippen LogP contribution is 2.08. The lowest BCUT2D eigenvalue weighted by atomic mass is 10.0. The number of halogens is 2. The van der Waals surface area contributed by atoms with Gasteiger partial charge in [-0.25, -0.2) is 0 Å². The van der Waals surface area contributed by atoms with Gasteiger partial charge in [-0.05, 0) is 38.3 Å². The maximum Gasteiger partial charge on any atom is 0.236 e. The molecule has 6 heteroatoms. The summed E-state index contributed by atoms with van der Waals surface area (Å²) in [5.41, 5.74) is 7.18. The molecule has 24 heavy (non-hydrogen) atoms. The highest BCUT2D eigenvalue weighted by atomic mass is 35.5. The van der Waals surface area contributed by atoms with Gasteiger partial charge in [-0.1, -0.05) is 44.2 Å². The van der Waals surface area contributed by atoms with Crippen molar-refractivity contribution in [3.8, 4) is 0 Å². The molecular formula is C18H33Cl2N3O. The Morgan fingerprint density at radius 2 is 1.75 bits per heavy atom. The van der Waals surface area contributed by atoms with Crippen molar-refractivity contribution in [2.24, 2.45) is 11.7 Å². The minimum absolute atomic E-state index is 0. The molecule has 1 aromatic rings. The molecule has 1 unspecified atom stereocenters. The van der Waals surface area contributed by atoms with Gasteiger partial charge in [0.25, 0.3) is 0 Å². The number of rotatable bonds is 9. The predicted molar refractivity (Wildman–Crippen MR) is 107 cm³/mol. The minimum atomic E-state index is -0.391. The topological polar surface area (TPSA) is 58.4 Å². The maximum atomic E-state index is 11.9. The van der Waals surface area contributed by atoms with E-state index < -0.39 is 6.04 Å². The third kappa shape index (κ3) is 10.1. The van der Waals surface area contributed by atoms with Crippen LogP contribution in [0.15, 0.2) is 30.3 Å². The fraction of sp³-hybridized carbons (Fsp3) is 0.611. The fourth-order valence-corrected chi connectivity index (χ4v) is 2.40. The Kier molecular flexibility index (Phi) is 14.3. The first-order valence-corrected chi connectivity index (χ1v) is 8.17. The predicted octanol–water partition coefficient (Wildman–Crippen LogP) is 3.23. The first kappa shape index (κ1) is 25.4. The van der Waals surface area contributed by atoms with Crippen molar-refractivity contribution < 1.29 is 4.79 Å². The van der Waals surface area contributed by atoms with Gasteiger partial charge in [-0.3, -0.25) is 9.69 Å². The zero-order chi connectivity index (χ0) is 16.5. The van der Waals surface area contributed by atoms with Crippen molar-refractivity contribution in [1.82, 2.24) is 10.2 Å². The number of hydrogen-bond acceptors (Lipinski definition) is 3. The number of benzene rings is 1. The normalized spacial score (nSPS) is 13.0. The lowest BCUT2D eigenvalue weighted by Crippen LogP contribution is -2.43. The number of carbonyl (C=O) groups excluding carboxylic acids is 1. The molecule has 0 saturated carbocycles. The lowest BCUT2D eigenvalue weighted by molar-refractivity contribution is -0.122. The number of hydrogen-bond donors (Lipinski definition) is 2. The zero-order valence-corrected chi connectivity index (χ0v) is 16.8. The summed E-state index contributed by atoms with van der Waals surface area (Å²) < 4.78 is 0. The van der Waals surface area contributed by atoms with E-state index >= 15 is 0 Å². The van der Waals surface area contributed by atoms with E-state index in [2.05, 4.69) is 62.3 Å². The molecule has 0 spiro atoms. The van der Waals surface area contributed by atoms with Crippen molar-refractivity contribution >= 4 is 30.7 Å². The monoisotopic (exact) mass is 377 g/mol. The quantitative estimate of drug-likeness (QED) is 0.694. The molecule has 0 aromatic heterocycles. The van der Waals surface area contributed by atoms with Crippen molar-refractivity contribution in [2.75, 3.05) is 13.6 Å². The summed E-state index contributed by atoms with van der Waals surface area (Å²) in [7, 11) is 2.12. The Labute approximate surface area is 159 Å². The summed E-state index contributed by atoms with van der Waals surface area (Å²) in [4.78, 5) is 14.2. The summed E-state index contributed by atoms with van der Waals surface area (Å²) in [6.45, 7) is 7.93. The second-order valence-electron chi connectivity index (χ2n) is 6.57. The van der Waals surface area contributed by atoms with E-state index in [1.807, 2.05) is 6.07 Å². The largest absolute Gasteiger partial charge is 0.355 e. The smallest absolute Gasteiger partial charge is 0.236 e. The molecule has 0 radical (unpaired) electrons. The molecule has 1 rings (SSSR count). The van der Waals surface area contributed by atoms with Crippen LogP contribution < -0.4 is 11.1 Å². The molecule has 0 saturated heterocycles. The van der Waals surface area contributed by atoms with Gasteiger partial charge in [0.1, 0.15) is 0 Å². The van der Waals surface area contributed by atoms with Crippen molar-refractivity contribution in [2.45, 2.75) is 52.2 Å². The highest BCUT2D eigenvalue weighted by molar-refractivity contribution is 5.85. The summed E-state index contributed by atoms with van der Waals surface area (Å²) in [5.74, 6) is 0.406. The first-order valence-electron chi connectivity index (χ1n) is 8.17. The van der Waals surface area contributed by atoms with Crippen LogP contribution in [0.3, 0.4) is 0 Å². The molecular weight excluding hydrogens is 345 g/mol. The number of nitrogens with zero attached hydrogens (tertiary/aromatic N) is 1. The van der Waals surface area contributed by atoms with Crippen LogP contribution in [-0.2, 0) is 11.3 Å². The average molecular weight is 378 g/mol. The molecule has 0 fully saturated rings. The first-order chi connectivity index (χ1) is 10.4. The summed E-state index contributed by atoms with van der Waals surface area (Å²) in [6, 6.07) is 10.4. The number of amides is 1. The number of nitrogens with two attached hydrogens (primary N) is 1. The molecule has 0 heterocycles. The van der Waals surface area contributed by atoms with Crippen LogP contribution in [0, 0.1) is 5.92 Å². The molecule has 140 valence electrons. The Balaban J connectivity index is 0. The Morgan fingerprint density at radius 1 is 1.17 bits per heavy atom. The second kappa shape index (κ2) is 13.5. The van der Waals surface area contributed by atoms with Gasteiger partial charge in [-0.2, -0.15) is 0 Å². The van der Waals surface area contributed by atoms with E-state index in [0.717, 1.165) is 19.4 Å². The van der Waals surface area contributed by atoms with Crippen molar-refractivity contribution in [1.29, 1.82) is 0 Å². The summed E-state index contributed by atoms with van der Waals surface area (Å²) in [5, 5.41) is 2.95. The molecule has 0 bridgehead atoms. The van der Waals surface area contributed by atoms with E-state index in [1.54, 1.807) is 0 Å². The van der Waals surface area contributed by atoms with Crippen molar-refractivity contribution in [3.05, 3.63) is 35.9 Å². The third-order valence-electron chi connectivity index (χ3n) is 3.95. The standard InChI is InChI=1S/C18H31N3O.2ClH/c1-14(2)12-17(19)18(22)20-11-10-15(3)21(4)13-16-8-6-5-7-9-16;;/h5-9,14-15,17H,10-13,19H2,1-4H3,(H,20,22);2*1H/t15?,17-;;/m0../s1. The van der Waals surface area contributed by atoms with E-state index in [4.69, 9.17) is 5.73 Å². The van der Waals surface area contributed by atoms with Gasteiger partial charge >= 0.3 is 0 Å². The summed E-state index contributed by atoms with van der Waals surface area (Å²) >= 11 is 0. The van der Waals surface area contributed by atoms with E-state index in [-0.39, 0.29) is 30.7 Å². The van der Waals surface area contributed by atoms with Gasteiger partial charge in [0.2, 0.25) is 5.91 Å². The fourth-order valence-electron chi connectivity index (χ4n) is 2.40. The van der Waals surface area contributed by atoms with Crippen LogP contribution >= 0.6 is 24.8 Å².